The molecule has 7 nitrogen and oxygen atoms in total. The van der Waals surface area contributed by atoms with Crippen molar-refractivity contribution in [1.29, 1.82) is 0 Å². The fraction of sp³-hybridized carbons (Fsp3) is 0.550. The van der Waals surface area contributed by atoms with Gasteiger partial charge < -0.3 is 14.3 Å². The Labute approximate surface area is 160 Å². The van der Waals surface area contributed by atoms with Crippen LogP contribution in [0.15, 0.2) is 34.7 Å². The second-order valence-corrected chi connectivity index (χ2v) is 7.82. The molecule has 0 bridgehead atoms. The monoisotopic (exact) mass is 375 g/mol. The first-order valence-corrected chi connectivity index (χ1v) is 9.06. The van der Waals surface area contributed by atoms with E-state index in [1.807, 2.05) is 13.0 Å². The molecule has 0 aliphatic carbocycles. The van der Waals surface area contributed by atoms with E-state index >= 15 is 0 Å². The van der Waals surface area contributed by atoms with Crippen LogP contribution in [-0.2, 0) is 16.1 Å². The number of carboxylic acids is 1. The minimum absolute atomic E-state index is 0.0678. The highest BCUT2D eigenvalue weighted by Crippen LogP contribution is 2.33. The van der Waals surface area contributed by atoms with Crippen molar-refractivity contribution in [2.24, 2.45) is 5.41 Å². The lowest BCUT2D eigenvalue weighted by Gasteiger charge is -2.43. The van der Waals surface area contributed by atoms with Crippen LogP contribution in [0.25, 0.3) is 0 Å². The predicted octanol–water partition coefficient (Wildman–Crippen LogP) is 3.46. The molecule has 1 aliphatic rings. The van der Waals surface area contributed by atoms with Gasteiger partial charge in [-0.15, -0.1) is 10.2 Å². The zero-order valence-electron chi connectivity index (χ0n) is 16.7. The predicted molar refractivity (Wildman–Crippen MR) is 101 cm³/mol. The summed E-state index contributed by atoms with van der Waals surface area (Å²) in [5.41, 5.74) is 1.30. The number of hydrogen-bond donors (Lipinski definition) is 1. The van der Waals surface area contributed by atoms with Crippen molar-refractivity contribution in [3.8, 4) is 0 Å². The van der Waals surface area contributed by atoms with Crippen molar-refractivity contribution in [2.75, 3.05) is 13.1 Å². The standard InChI is InChI=1S/C18H25N3O2.C2H4O2/c1-13-19-20-17(22-13)12-21-10-15(14-8-6-5-7-9-14)23-16(11-21)18(2,3)4;1-2(3)4/h5-9,15-16H,10-12H2,1-4H3;1H3,(H,3,4)/t15-,16+;/m0./s1. The molecule has 1 N–H and O–H groups in total. The maximum absolute atomic E-state index is 9.00. The number of benzene rings is 1. The number of ether oxygens (including phenoxy) is 1. The fourth-order valence-electron chi connectivity index (χ4n) is 2.88. The summed E-state index contributed by atoms with van der Waals surface area (Å²) in [5, 5.41) is 15.5. The maximum atomic E-state index is 9.00. The molecule has 1 aromatic carbocycles. The highest BCUT2D eigenvalue weighted by molar-refractivity contribution is 5.62. The van der Waals surface area contributed by atoms with Gasteiger partial charge in [0.1, 0.15) is 0 Å². The van der Waals surface area contributed by atoms with E-state index in [4.69, 9.17) is 19.1 Å². The number of nitrogens with zero attached hydrogens (tertiary/aromatic N) is 3. The van der Waals surface area contributed by atoms with Gasteiger partial charge in [-0.25, -0.2) is 0 Å². The molecule has 0 radical (unpaired) electrons. The van der Waals surface area contributed by atoms with Crippen LogP contribution >= 0.6 is 0 Å². The van der Waals surface area contributed by atoms with Crippen molar-refractivity contribution in [1.82, 2.24) is 15.1 Å². The quantitative estimate of drug-likeness (QED) is 0.879. The van der Waals surface area contributed by atoms with E-state index in [0.29, 0.717) is 18.3 Å². The molecule has 0 amide bonds. The molecule has 2 aromatic rings. The number of carboxylic acid groups (broad SMARTS) is 1. The minimum atomic E-state index is -0.833. The first-order valence-electron chi connectivity index (χ1n) is 9.06. The molecule has 1 aromatic heterocycles. The molecule has 27 heavy (non-hydrogen) atoms. The van der Waals surface area contributed by atoms with Crippen LogP contribution in [0.5, 0.6) is 0 Å². The maximum Gasteiger partial charge on any atom is 0.300 e. The van der Waals surface area contributed by atoms with Crippen LogP contribution in [-0.4, -0.2) is 45.4 Å². The summed E-state index contributed by atoms with van der Waals surface area (Å²) in [6.45, 7) is 11.9. The fourth-order valence-corrected chi connectivity index (χ4v) is 2.88. The van der Waals surface area contributed by atoms with Crippen LogP contribution in [0.1, 0.15) is 51.1 Å². The summed E-state index contributed by atoms with van der Waals surface area (Å²) in [4.78, 5) is 11.4. The lowest BCUT2D eigenvalue weighted by molar-refractivity contribution is -0.134. The van der Waals surface area contributed by atoms with E-state index in [9.17, 15) is 0 Å². The average Bonchev–Trinajstić information content (AvgIpc) is 2.99. The zero-order chi connectivity index (χ0) is 20.0. The normalized spacial score (nSPS) is 20.6. The molecule has 0 spiro atoms. The Morgan fingerprint density at radius 2 is 1.85 bits per heavy atom. The van der Waals surface area contributed by atoms with Gasteiger partial charge in [0.2, 0.25) is 11.8 Å². The van der Waals surface area contributed by atoms with E-state index in [2.05, 4.69) is 60.1 Å². The van der Waals surface area contributed by atoms with Gasteiger partial charge in [0.15, 0.2) is 0 Å². The average molecular weight is 375 g/mol. The Balaban J connectivity index is 0.000000596. The van der Waals surface area contributed by atoms with E-state index in [1.54, 1.807) is 0 Å². The van der Waals surface area contributed by atoms with Gasteiger partial charge in [-0.3, -0.25) is 9.69 Å². The number of aliphatic carboxylic acids is 1. The Morgan fingerprint density at radius 3 is 2.37 bits per heavy atom. The third kappa shape index (κ3) is 6.77. The number of aryl methyl sites for hydroxylation is 1. The molecule has 2 heterocycles. The van der Waals surface area contributed by atoms with Gasteiger partial charge in [0.05, 0.1) is 18.8 Å². The second kappa shape index (κ2) is 9.10. The van der Waals surface area contributed by atoms with Crippen molar-refractivity contribution < 1.29 is 19.1 Å². The number of hydrogen-bond acceptors (Lipinski definition) is 6. The molecule has 0 saturated carbocycles. The van der Waals surface area contributed by atoms with Crippen LogP contribution in [0, 0.1) is 12.3 Å². The molecule has 2 atom stereocenters. The summed E-state index contributed by atoms with van der Waals surface area (Å²) in [5.74, 6) is 0.448. The topological polar surface area (TPSA) is 88.7 Å². The summed E-state index contributed by atoms with van der Waals surface area (Å²) < 4.78 is 11.9. The third-order valence-electron chi connectivity index (χ3n) is 4.24. The van der Waals surface area contributed by atoms with Gasteiger partial charge in [0.25, 0.3) is 5.97 Å². The highest BCUT2D eigenvalue weighted by Gasteiger charge is 2.36. The summed E-state index contributed by atoms with van der Waals surface area (Å²) in [7, 11) is 0. The molecule has 1 fully saturated rings. The van der Waals surface area contributed by atoms with Gasteiger partial charge in [-0.2, -0.15) is 0 Å². The van der Waals surface area contributed by atoms with Gasteiger partial charge >= 0.3 is 0 Å². The highest BCUT2D eigenvalue weighted by atomic mass is 16.5. The van der Waals surface area contributed by atoms with Crippen molar-refractivity contribution in [2.45, 2.75) is 53.4 Å². The second-order valence-electron chi connectivity index (χ2n) is 7.82. The zero-order valence-corrected chi connectivity index (χ0v) is 16.7. The molecular formula is C20H29N3O4. The largest absolute Gasteiger partial charge is 0.481 e. The van der Waals surface area contributed by atoms with E-state index in [0.717, 1.165) is 20.0 Å². The Bertz CT molecular complexity index is 720. The molecule has 7 heteroatoms. The van der Waals surface area contributed by atoms with Crippen LogP contribution in [0.4, 0.5) is 0 Å². The van der Waals surface area contributed by atoms with Crippen LogP contribution in [0.2, 0.25) is 0 Å². The minimum Gasteiger partial charge on any atom is -0.481 e. The van der Waals surface area contributed by atoms with Gasteiger partial charge in [-0.05, 0) is 11.0 Å². The van der Waals surface area contributed by atoms with Crippen molar-refractivity contribution in [3.05, 3.63) is 47.7 Å². The van der Waals surface area contributed by atoms with Crippen LogP contribution in [0.3, 0.4) is 0 Å². The van der Waals surface area contributed by atoms with E-state index in [1.165, 1.54) is 5.56 Å². The first kappa shape index (κ1) is 21.1. The first-order chi connectivity index (χ1) is 12.6. The number of aromatic nitrogens is 2. The summed E-state index contributed by atoms with van der Waals surface area (Å²) in [6.07, 6.45) is 0.226. The van der Waals surface area contributed by atoms with E-state index in [-0.39, 0.29) is 17.6 Å². The Morgan fingerprint density at radius 1 is 1.22 bits per heavy atom. The molecule has 1 aliphatic heterocycles. The SMILES string of the molecule is CC(=O)O.Cc1nnc(CN2C[C@@H](c3ccccc3)O[C@@H](C(C)(C)C)C2)o1. The van der Waals surface area contributed by atoms with Crippen LogP contribution < -0.4 is 0 Å². The molecule has 3 rings (SSSR count). The number of rotatable bonds is 3. The molecule has 0 unspecified atom stereocenters. The van der Waals surface area contributed by atoms with Gasteiger partial charge in [-0.1, -0.05) is 51.1 Å². The van der Waals surface area contributed by atoms with Gasteiger partial charge in [0, 0.05) is 26.9 Å². The smallest absolute Gasteiger partial charge is 0.300 e. The van der Waals surface area contributed by atoms with Crippen molar-refractivity contribution >= 4 is 5.97 Å². The number of morpholine rings is 1. The lowest BCUT2D eigenvalue weighted by atomic mass is 9.87. The molecule has 148 valence electrons. The summed E-state index contributed by atoms with van der Waals surface area (Å²) >= 11 is 0. The Kier molecular flexibility index (Phi) is 7.10. The summed E-state index contributed by atoms with van der Waals surface area (Å²) in [6, 6.07) is 10.4. The number of carbonyl (C=O) groups is 1. The molecular weight excluding hydrogens is 346 g/mol. The van der Waals surface area contributed by atoms with E-state index < -0.39 is 5.97 Å². The third-order valence-corrected chi connectivity index (χ3v) is 4.24. The molecule has 1 saturated heterocycles. The Hall–Kier alpha value is -2.25. The van der Waals surface area contributed by atoms with Crippen molar-refractivity contribution in [3.63, 3.8) is 0 Å². The lowest BCUT2D eigenvalue weighted by Crippen LogP contribution is -2.48.